The van der Waals surface area contributed by atoms with E-state index in [1.54, 1.807) is 6.33 Å². The van der Waals surface area contributed by atoms with Crippen molar-refractivity contribution in [3.63, 3.8) is 0 Å². The lowest BCUT2D eigenvalue weighted by Gasteiger charge is -2.21. The maximum absolute atomic E-state index is 4.15. The number of hydrogen-bond donors (Lipinski definition) is 0. The maximum atomic E-state index is 4.15. The lowest BCUT2D eigenvalue weighted by atomic mass is 10.4. The van der Waals surface area contributed by atoms with Crippen LogP contribution in [0.4, 0.5) is 0 Å². The minimum absolute atomic E-state index is 1.07. The average Bonchev–Trinajstić information content (AvgIpc) is 2.52. The van der Waals surface area contributed by atoms with Crippen molar-refractivity contribution in [2.45, 2.75) is 45.1 Å². The van der Waals surface area contributed by atoms with E-state index >= 15 is 0 Å². The molecule has 0 radical (unpaired) electrons. The van der Waals surface area contributed by atoms with Gasteiger partial charge >= 0.3 is 0 Å². The fourth-order valence-electron chi connectivity index (χ4n) is 1.49. The molecule has 0 fully saturated rings. The van der Waals surface area contributed by atoms with Gasteiger partial charge < -0.3 is 0 Å². The molecule has 0 aromatic carbocycles. The van der Waals surface area contributed by atoms with Gasteiger partial charge in [-0.2, -0.15) is 5.10 Å². The van der Waals surface area contributed by atoms with E-state index in [9.17, 15) is 0 Å². The summed E-state index contributed by atoms with van der Waals surface area (Å²) < 4.78 is 1.97. The second-order valence-corrected chi connectivity index (χ2v) is 9.51. The average molecular weight is 197 g/mol. The van der Waals surface area contributed by atoms with E-state index in [0.717, 1.165) is 6.17 Å². The van der Waals surface area contributed by atoms with Crippen LogP contribution in [-0.4, -0.2) is 22.8 Å². The molecule has 0 amide bonds. The van der Waals surface area contributed by atoms with Crippen LogP contribution < -0.4 is 0 Å². The standard InChI is InChI=1S/C9H19N3Si/c1-4-5-6-13(2,3)9-12-8-10-7-11-12/h7-8H,4-6,9H2,1-3H3. The second kappa shape index (κ2) is 4.55. The third-order valence-electron chi connectivity index (χ3n) is 2.26. The zero-order chi connectivity index (χ0) is 9.73. The summed E-state index contributed by atoms with van der Waals surface area (Å²) in [6, 6.07) is 1.39. The highest BCUT2D eigenvalue weighted by Crippen LogP contribution is 2.15. The first kappa shape index (κ1) is 10.4. The quantitative estimate of drug-likeness (QED) is 0.678. The van der Waals surface area contributed by atoms with Gasteiger partial charge in [-0.25, -0.2) is 4.98 Å². The molecule has 0 unspecified atom stereocenters. The van der Waals surface area contributed by atoms with E-state index in [1.807, 2.05) is 11.0 Å². The number of rotatable bonds is 5. The lowest BCUT2D eigenvalue weighted by molar-refractivity contribution is 0.712. The molecule has 0 N–H and O–H groups in total. The first-order chi connectivity index (χ1) is 6.14. The monoisotopic (exact) mass is 197 g/mol. The topological polar surface area (TPSA) is 30.7 Å². The molecule has 74 valence electrons. The molecule has 0 bridgehead atoms. The van der Waals surface area contributed by atoms with Crippen molar-refractivity contribution in [1.29, 1.82) is 0 Å². The van der Waals surface area contributed by atoms with Crippen LogP contribution in [-0.2, 0) is 6.17 Å². The van der Waals surface area contributed by atoms with E-state index in [2.05, 4.69) is 30.1 Å². The van der Waals surface area contributed by atoms with Crippen molar-refractivity contribution in [1.82, 2.24) is 14.8 Å². The summed E-state index contributed by atoms with van der Waals surface area (Å²) in [7, 11) is -1.07. The van der Waals surface area contributed by atoms with Gasteiger partial charge in [0.2, 0.25) is 0 Å². The molecule has 13 heavy (non-hydrogen) atoms. The van der Waals surface area contributed by atoms with Gasteiger partial charge in [0.05, 0.1) is 8.07 Å². The molecule has 1 rings (SSSR count). The van der Waals surface area contributed by atoms with Crippen molar-refractivity contribution in [3.05, 3.63) is 12.7 Å². The lowest BCUT2D eigenvalue weighted by Crippen LogP contribution is -2.32. The molecule has 4 heteroatoms. The van der Waals surface area contributed by atoms with Crippen LogP contribution in [0.2, 0.25) is 19.1 Å². The van der Waals surface area contributed by atoms with Crippen LogP contribution in [0.1, 0.15) is 19.8 Å². The van der Waals surface area contributed by atoms with Gasteiger partial charge in [0, 0.05) is 6.17 Å². The van der Waals surface area contributed by atoms with Crippen LogP contribution in [0.15, 0.2) is 12.7 Å². The molecule has 0 atom stereocenters. The van der Waals surface area contributed by atoms with Gasteiger partial charge in [0.15, 0.2) is 0 Å². The Morgan fingerprint density at radius 2 is 2.15 bits per heavy atom. The van der Waals surface area contributed by atoms with Gasteiger partial charge in [-0.05, 0) is 0 Å². The highest BCUT2D eigenvalue weighted by Gasteiger charge is 2.20. The van der Waals surface area contributed by atoms with E-state index in [4.69, 9.17) is 0 Å². The Labute approximate surface area is 81.2 Å². The number of aromatic nitrogens is 3. The summed E-state index contributed by atoms with van der Waals surface area (Å²) in [5, 5.41) is 4.15. The molecule has 0 spiro atoms. The molecule has 3 nitrogen and oxygen atoms in total. The molecule has 1 heterocycles. The molecule has 0 aliphatic carbocycles. The predicted molar refractivity (Wildman–Crippen MR) is 57.2 cm³/mol. The SMILES string of the molecule is CCCC[Si](C)(C)Cn1cncn1. The third-order valence-corrected chi connectivity index (χ3v) is 5.15. The summed E-state index contributed by atoms with van der Waals surface area (Å²) in [6.07, 6.45) is 7.19. The minimum Gasteiger partial charge on any atom is -0.256 e. The summed E-state index contributed by atoms with van der Waals surface area (Å²) in [5.74, 6) is 0. The first-order valence-corrected chi connectivity index (χ1v) is 8.38. The Hall–Kier alpha value is -0.643. The van der Waals surface area contributed by atoms with Gasteiger partial charge in [-0.3, -0.25) is 4.68 Å². The Kier molecular flexibility index (Phi) is 3.66. The van der Waals surface area contributed by atoms with Crippen molar-refractivity contribution < 1.29 is 0 Å². The Bertz CT molecular complexity index is 231. The van der Waals surface area contributed by atoms with E-state index in [1.165, 1.54) is 18.9 Å². The first-order valence-electron chi connectivity index (χ1n) is 4.96. The molecule has 0 saturated carbocycles. The summed E-state index contributed by atoms with van der Waals surface area (Å²) in [6.45, 7) is 7.09. The Morgan fingerprint density at radius 3 is 2.69 bits per heavy atom. The molecule has 0 saturated heterocycles. The number of unbranched alkanes of at least 4 members (excludes halogenated alkanes) is 1. The predicted octanol–water partition coefficient (Wildman–Crippen LogP) is 2.33. The van der Waals surface area contributed by atoms with Gasteiger partial charge in [-0.1, -0.05) is 38.9 Å². The third kappa shape index (κ3) is 3.72. The van der Waals surface area contributed by atoms with Gasteiger partial charge in [-0.15, -0.1) is 0 Å². The smallest absolute Gasteiger partial charge is 0.137 e. The van der Waals surface area contributed by atoms with Crippen LogP contribution in [0.25, 0.3) is 0 Å². The Balaban J connectivity index is 2.42. The van der Waals surface area contributed by atoms with Crippen LogP contribution >= 0.6 is 0 Å². The number of hydrogen-bond acceptors (Lipinski definition) is 2. The molecule has 0 aliphatic heterocycles. The summed E-state index contributed by atoms with van der Waals surface area (Å²) in [4.78, 5) is 3.96. The van der Waals surface area contributed by atoms with E-state index in [0.29, 0.717) is 0 Å². The molecule has 1 aromatic rings. The van der Waals surface area contributed by atoms with Crippen molar-refractivity contribution in [2.24, 2.45) is 0 Å². The maximum Gasteiger partial charge on any atom is 0.137 e. The Morgan fingerprint density at radius 1 is 1.38 bits per heavy atom. The fraction of sp³-hybridized carbons (Fsp3) is 0.778. The van der Waals surface area contributed by atoms with Gasteiger partial charge in [0.25, 0.3) is 0 Å². The van der Waals surface area contributed by atoms with E-state index in [-0.39, 0.29) is 0 Å². The zero-order valence-electron chi connectivity index (χ0n) is 8.82. The molecule has 1 aromatic heterocycles. The van der Waals surface area contributed by atoms with Crippen molar-refractivity contribution >= 4 is 8.07 Å². The summed E-state index contributed by atoms with van der Waals surface area (Å²) >= 11 is 0. The normalized spacial score (nSPS) is 11.9. The van der Waals surface area contributed by atoms with E-state index < -0.39 is 8.07 Å². The van der Waals surface area contributed by atoms with Gasteiger partial charge in [0.1, 0.15) is 12.7 Å². The molecular formula is C9H19N3Si. The van der Waals surface area contributed by atoms with Crippen LogP contribution in [0.5, 0.6) is 0 Å². The second-order valence-electron chi connectivity index (χ2n) is 4.36. The van der Waals surface area contributed by atoms with Crippen LogP contribution in [0.3, 0.4) is 0 Å². The largest absolute Gasteiger partial charge is 0.256 e. The molecule has 0 aliphatic rings. The van der Waals surface area contributed by atoms with Crippen molar-refractivity contribution in [3.8, 4) is 0 Å². The van der Waals surface area contributed by atoms with Crippen LogP contribution in [0, 0.1) is 0 Å². The van der Waals surface area contributed by atoms with Crippen molar-refractivity contribution in [2.75, 3.05) is 0 Å². The summed E-state index contributed by atoms with van der Waals surface area (Å²) in [5.41, 5.74) is 0. The zero-order valence-corrected chi connectivity index (χ0v) is 9.82. The minimum atomic E-state index is -1.07. The highest BCUT2D eigenvalue weighted by molar-refractivity contribution is 6.76. The fourth-order valence-corrected chi connectivity index (χ4v) is 4.00. The highest BCUT2D eigenvalue weighted by atomic mass is 28.3. The molecular weight excluding hydrogens is 178 g/mol. The number of nitrogens with zero attached hydrogens (tertiary/aromatic N) is 3.